The van der Waals surface area contributed by atoms with Gasteiger partial charge in [-0.1, -0.05) is 6.08 Å². The van der Waals surface area contributed by atoms with Crippen LogP contribution < -0.4 is 15.1 Å². The standard InChI is InChI=1S/C30H34N6O2/c1-33-28-18-34(19-37)16-23(28)17-36(33)24-11-22-12-27(21-5-3-9-31-14-21)35(15-20-7-8-20)29(22)26(13-24)25-6-4-10-32-30(25)38-2/h4-6,10-13,19-20,31H,3,7-9,14-18H2,1-2H3. The molecule has 8 nitrogen and oxygen atoms in total. The van der Waals surface area contributed by atoms with Crippen molar-refractivity contribution in [3.05, 3.63) is 59.6 Å². The Labute approximate surface area is 223 Å². The lowest BCUT2D eigenvalue weighted by atomic mass is 10.0. The lowest BCUT2D eigenvalue weighted by molar-refractivity contribution is -0.117. The number of amides is 1. The summed E-state index contributed by atoms with van der Waals surface area (Å²) < 4.78 is 8.32. The normalized spacial score (nSPS) is 19.4. The van der Waals surface area contributed by atoms with Crippen LogP contribution in [0.5, 0.6) is 5.88 Å². The number of nitrogens with one attached hydrogen (secondary N) is 1. The highest BCUT2D eigenvalue weighted by Crippen LogP contribution is 2.43. The summed E-state index contributed by atoms with van der Waals surface area (Å²) in [7, 11) is 3.80. The highest BCUT2D eigenvalue weighted by Gasteiger charge is 2.34. The lowest BCUT2D eigenvalue weighted by Gasteiger charge is -2.32. The summed E-state index contributed by atoms with van der Waals surface area (Å²) in [5, 5.41) is 9.36. The van der Waals surface area contributed by atoms with Crippen LogP contribution in [0.15, 0.2) is 53.9 Å². The molecule has 1 N–H and O–H groups in total. The van der Waals surface area contributed by atoms with Gasteiger partial charge in [0.1, 0.15) is 0 Å². The lowest BCUT2D eigenvalue weighted by Crippen LogP contribution is -2.38. The Kier molecular flexibility index (Phi) is 5.65. The third-order valence-electron chi connectivity index (χ3n) is 8.42. The van der Waals surface area contributed by atoms with Crippen LogP contribution in [0.1, 0.15) is 25.0 Å². The van der Waals surface area contributed by atoms with Crippen molar-refractivity contribution in [1.82, 2.24) is 24.8 Å². The van der Waals surface area contributed by atoms with Gasteiger partial charge in [-0.3, -0.25) is 14.8 Å². The maximum Gasteiger partial charge on any atom is 0.221 e. The van der Waals surface area contributed by atoms with Crippen molar-refractivity contribution in [3.8, 4) is 17.0 Å². The number of hydrogen-bond donors (Lipinski definition) is 1. The van der Waals surface area contributed by atoms with Gasteiger partial charge < -0.3 is 19.5 Å². The number of fused-ring (bicyclic) bond motifs is 1. The van der Waals surface area contributed by atoms with Gasteiger partial charge in [0.05, 0.1) is 37.1 Å². The highest BCUT2D eigenvalue weighted by molar-refractivity contribution is 6.01. The number of rotatable bonds is 7. The van der Waals surface area contributed by atoms with Gasteiger partial charge in [0, 0.05) is 55.1 Å². The second-order valence-corrected chi connectivity index (χ2v) is 10.9. The number of carbonyl (C=O) groups is 1. The molecule has 7 rings (SSSR count). The zero-order valence-corrected chi connectivity index (χ0v) is 22.1. The number of likely N-dealkylation sites (N-methyl/N-ethyl adjacent to an activating group) is 1. The molecule has 1 aromatic carbocycles. The van der Waals surface area contributed by atoms with Crippen LogP contribution in [0, 0.1) is 5.92 Å². The molecule has 2 aromatic heterocycles. The van der Waals surface area contributed by atoms with Crippen molar-refractivity contribution in [2.24, 2.45) is 5.92 Å². The number of carbonyl (C=O) groups excluding carboxylic acids is 1. The monoisotopic (exact) mass is 510 g/mol. The summed E-state index contributed by atoms with van der Waals surface area (Å²) in [5.41, 5.74) is 9.78. The van der Waals surface area contributed by atoms with E-state index in [1.54, 1.807) is 13.3 Å². The van der Waals surface area contributed by atoms with Gasteiger partial charge in [-0.2, -0.15) is 0 Å². The number of aromatic nitrogens is 2. The van der Waals surface area contributed by atoms with E-state index in [1.165, 1.54) is 46.3 Å². The van der Waals surface area contributed by atoms with E-state index in [0.29, 0.717) is 19.0 Å². The maximum absolute atomic E-state index is 11.4. The molecular weight excluding hydrogens is 476 g/mol. The minimum atomic E-state index is 0.641. The molecule has 0 atom stereocenters. The zero-order chi connectivity index (χ0) is 25.8. The minimum absolute atomic E-state index is 0.641. The number of anilines is 1. The van der Waals surface area contributed by atoms with E-state index in [2.05, 4.69) is 62.3 Å². The fourth-order valence-corrected chi connectivity index (χ4v) is 6.30. The quantitative estimate of drug-likeness (QED) is 0.487. The molecule has 0 spiro atoms. The maximum atomic E-state index is 11.4. The molecule has 0 unspecified atom stereocenters. The molecule has 8 heteroatoms. The number of hydrazine groups is 1. The second-order valence-electron chi connectivity index (χ2n) is 10.9. The Hall–Kier alpha value is -3.78. The van der Waals surface area contributed by atoms with Gasteiger partial charge in [0.2, 0.25) is 12.3 Å². The van der Waals surface area contributed by atoms with E-state index < -0.39 is 0 Å². The Bertz CT molecular complexity index is 1480. The van der Waals surface area contributed by atoms with Crippen molar-refractivity contribution in [2.45, 2.75) is 25.8 Å². The molecule has 3 aromatic rings. The van der Waals surface area contributed by atoms with Gasteiger partial charge in [-0.15, -0.1) is 0 Å². The van der Waals surface area contributed by atoms with E-state index in [9.17, 15) is 4.79 Å². The van der Waals surface area contributed by atoms with E-state index in [0.717, 1.165) is 61.7 Å². The van der Waals surface area contributed by atoms with Crippen LogP contribution in [0.2, 0.25) is 0 Å². The summed E-state index contributed by atoms with van der Waals surface area (Å²) in [6.07, 6.45) is 8.80. The van der Waals surface area contributed by atoms with E-state index >= 15 is 0 Å². The first-order valence-corrected chi connectivity index (χ1v) is 13.6. The molecule has 196 valence electrons. The average Bonchev–Trinajstić information content (AvgIpc) is 3.44. The molecule has 0 radical (unpaired) electrons. The number of methoxy groups -OCH3 is 1. The number of hydrogen-bond acceptors (Lipinski definition) is 6. The van der Waals surface area contributed by atoms with Gasteiger partial charge in [-0.25, -0.2) is 4.98 Å². The predicted molar refractivity (Wildman–Crippen MR) is 150 cm³/mol. The predicted octanol–water partition coefficient (Wildman–Crippen LogP) is 3.89. The summed E-state index contributed by atoms with van der Waals surface area (Å²) in [5.74, 6) is 1.38. The molecule has 0 saturated heterocycles. The molecule has 1 saturated carbocycles. The average molecular weight is 511 g/mol. The van der Waals surface area contributed by atoms with Crippen molar-refractivity contribution in [2.75, 3.05) is 51.9 Å². The zero-order valence-electron chi connectivity index (χ0n) is 22.1. The van der Waals surface area contributed by atoms with Crippen LogP contribution in [-0.2, 0) is 11.3 Å². The fraction of sp³-hybridized carbons (Fsp3) is 0.400. The summed E-state index contributed by atoms with van der Waals surface area (Å²) in [6, 6.07) is 11.1. The summed E-state index contributed by atoms with van der Waals surface area (Å²) in [6.45, 7) is 5.13. The molecule has 1 amide bonds. The highest BCUT2D eigenvalue weighted by atomic mass is 16.5. The Morgan fingerprint density at radius 3 is 2.79 bits per heavy atom. The Morgan fingerprint density at radius 2 is 2.05 bits per heavy atom. The summed E-state index contributed by atoms with van der Waals surface area (Å²) >= 11 is 0. The van der Waals surface area contributed by atoms with Gasteiger partial charge in [0.25, 0.3) is 0 Å². The van der Waals surface area contributed by atoms with Gasteiger partial charge in [-0.05, 0) is 73.2 Å². The van der Waals surface area contributed by atoms with Crippen LogP contribution in [-0.4, -0.2) is 72.8 Å². The molecule has 38 heavy (non-hydrogen) atoms. The molecule has 0 bridgehead atoms. The number of nitrogens with zero attached hydrogens (tertiary/aromatic N) is 5. The first kappa shape index (κ1) is 23.3. The second kappa shape index (κ2) is 9.20. The molecule has 4 aliphatic rings. The SMILES string of the molecule is COc1ncccc1-c1cc(N2CC3=C(CN(C=O)C3)N2C)cc2cc(C3=CCCNC3)n(CC3CC3)c12. The first-order valence-electron chi connectivity index (χ1n) is 13.6. The van der Waals surface area contributed by atoms with Crippen molar-refractivity contribution in [3.63, 3.8) is 0 Å². The first-order chi connectivity index (χ1) is 18.6. The van der Waals surface area contributed by atoms with Crippen LogP contribution >= 0.6 is 0 Å². The van der Waals surface area contributed by atoms with Crippen LogP contribution in [0.4, 0.5) is 5.69 Å². The fourth-order valence-electron chi connectivity index (χ4n) is 6.30. The molecule has 5 heterocycles. The third kappa shape index (κ3) is 3.86. The third-order valence-corrected chi connectivity index (χ3v) is 8.42. The van der Waals surface area contributed by atoms with Crippen molar-refractivity contribution in [1.29, 1.82) is 0 Å². The number of benzene rings is 1. The smallest absolute Gasteiger partial charge is 0.221 e. The van der Waals surface area contributed by atoms with E-state index in [-0.39, 0.29) is 0 Å². The van der Waals surface area contributed by atoms with E-state index in [4.69, 9.17) is 4.74 Å². The van der Waals surface area contributed by atoms with Crippen LogP contribution in [0.3, 0.4) is 0 Å². The Morgan fingerprint density at radius 1 is 1.16 bits per heavy atom. The number of pyridine rings is 1. The largest absolute Gasteiger partial charge is 0.481 e. The van der Waals surface area contributed by atoms with Crippen molar-refractivity contribution >= 4 is 28.6 Å². The van der Waals surface area contributed by atoms with Gasteiger partial charge >= 0.3 is 0 Å². The van der Waals surface area contributed by atoms with E-state index in [1.807, 2.05) is 11.0 Å². The molecular formula is C30H34N6O2. The van der Waals surface area contributed by atoms with Crippen molar-refractivity contribution < 1.29 is 9.53 Å². The summed E-state index contributed by atoms with van der Waals surface area (Å²) in [4.78, 5) is 17.8. The van der Waals surface area contributed by atoms with Gasteiger partial charge in [0.15, 0.2) is 0 Å². The molecule has 1 aliphatic carbocycles. The minimum Gasteiger partial charge on any atom is -0.481 e. The Balaban J connectivity index is 1.41. The molecule has 3 aliphatic heterocycles. The topological polar surface area (TPSA) is 65.9 Å². The number of ether oxygens (including phenoxy) is 1. The molecule has 1 fully saturated rings. The van der Waals surface area contributed by atoms with Crippen LogP contribution in [0.25, 0.3) is 27.6 Å².